The summed E-state index contributed by atoms with van der Waals surface area (Å²) >= 11 is 0. The predicted octanol–water partition coefficient (Wildman–Crippen LogP) is 6.10. The summed E-state index contributed by atoms with van der Waals surface area (Å²) in [7, 11) is -2.35. The van der Waals surface area contributed by atoms with E-state index in [2.05, 4.69) is 11.6 Å². The van der Waals surface area contributed by atoms with Crippen molar-refractivity contribution in [1.82, 2.24) is 8.96 Å². The van der Waals surface area contributed by atoms with Crippen LogP contribution in [0.15, 0.2) is 90.5 Å². The van der Waals surface area contributed by atoms with Crippen LogP contribution in [0.3, 0.4) is 0 Å². The van der Waals surface area contributed by atoms with Gasteiger partial charge in [-0.3, -0.25) is 4.98 Å². The van der Waals surface area contributed by atoms with Gasteiger partial charge in [0, 0.05) is 18.1 Å². The first-order chi connectivity index (χ1) is 17.5. The number of fused-ring (bicyclic) bond motifs is 3. The minimum absolute atomic E-state index is 0.198. The molecule has 2 aromatic heterocycles. The third-order valence-corrected chi connectivity index (χ3v) is 7.91. The Morgan fingerprint density at radius 2 is 1.67 bits per heavy atom. The normalized spacial score (nSPS) is 11.7. The van der Waals surface area contributed by atoms with Gasteiger partial charge in [0.05, 0.1) is 39.8 Å². The fraction of sp³-hybridized carbons (Fsp3) is 0.138. The highest BCUT2D eigenvalue weighted by Crippen LogP contribution is 2.40. The molecule has 0 unspecified atom stereocenters. The van der Waals surface area contributed by atoms with Crippen LogP contribution in [0.25, 0.3) is 27.9 Å². The molecule has 0 saturated carbocycles. The number of hydrogen-bond donors (Lipinski definition) is 0. The van der Waals surface area contributed by atoms with Crippen molar-refractivity contribution < 1.29 is 17.9 Å². The van der Waals surface area contributed by atoms with Crippen molar-refractivity contribution in [1.29, 1.82) is 0 Å². The Balaban J connectivity index is 1.83. The maximum atomic E-state index is 14.0. The lowest BCUT2D eigenvalue weighted by Crippen LogP contribution is -2.13. The van der Waals surface area contributed by atoms with Crippen molar-refractivity contribution >= 4 is 37.9 Å². The van der Waals surface area contributed by atoms with Crippen LogP contribution in [-0.4, -0.2) is 24.5 Å². The maximum Gasteiger partial charge on any atom is 0.268 e. The Labute approximate surface area is 210 Å². The quantitative estimate of drug-likeness (QED) is 0.258. The standard InChI is InChI=1S/C29H26N2O4S/c1-4-24-23(19-34-3)28-26(17-30-24)31(36(32,33)22-15-13-20(2)14-16-22)25-11-8-12-27(29(25)28)35-18-21-9-6-5-7-10-21/h4-17H,1,18-19H2,2-3H3. The zero-order valence-electron chi connectivity index (χ0n) is 20.1. The molecule has 0 aliphatic carbocycles. The number of methoxy groups -OCH3 is 1. The molecule has 0 radical (unpaired) electrons. The lowest BCUT2D eigenvalue weighted by Gasteiger charge is -2.11. The lowest BCUT2D eigenvalue weighted by molar-refractivity contribution is 0.185. The zero-order valence-corrected chi connectivity index (χ0v) is 21.0. The van der Waals surface area contributed by atoms with Crippen LogP contribution >= 0.6 is 0 Å². The van der Waals surface area contributed by atoms with E-state index in [-0.39, 0.29) is 11.5 Å². The molecule has 182 valence electrons. The van der Waals surface area contributed by atoms with Crippen molar-refractivity contribution in [2.45, 2.75) is 25.0 Å². The summed E-state index contributed by atoms with van der Waals surface area (Å²) in [6, 6.07) is 22.1. The molecule has 36 heavy (non-hydrogen) atoms. The molecule has 3 aromatic carbocycles. The van der Waals surface area contributed by atoms with E-state index >= 15 is 0 Å². The van der Waals surface area contributed by atoms with Crippen molar-refractivity contribution in [3.8, 4) is 5.75 Å². The minimum atomic E-state index is -3.95. The Morgan fingerprint density at radius 1 is 0.917 bits per heavy atom. The van der Waals surface area contributed by atoms with Crippen LogP contribution in [0.1, 0.15) is 22.4 Å². The minimum Gasteiger partial charge on any atom is -0.488 e. The zero-order chi connectivity index (χ0) is 25.3. The molecule has 5 rings (SSSR count). The average Bonchev–Trinajstić information content (AvgIpc) is 3.25. The Kier molecular flexibility index (Phi) is 6.35. The van der Waals surface area contributed by atoms with Gasteiger partial charge in [0.25, 0.3) is 10.0 Å². The predicted molar refractivity (Wildman–Crippen MR) is 143 cm³/mol. The highest BCUT2D eigenvalue weighted by Gasteiger charge is 2.27. The Bertz CT molecular complexity index is 1670. The molecule has 0 aliphatic heterocycles. The van der Waals surface area contributed by atoms with E-state index in [1.165, 1.54) is 3.97 Å². The number of rotatable bonds is 8. The first-order valence-corrected chi connectivity index (χ1v) is 12.9. The molecule has 0 N–H and O–H groups in total. The summed E-state index contributed by atoms with van der Waals surface area (Å²) in [4.78, 5) is 4.72. The van der Waals surface area contributed by atoms with E-state index in [9.17, 15) is 8.42 Å². The lowest BCUT2D eigenvalue weighted by atomic mass is 10.1. The molecule has 0 spiro atoms. The largest absolute Gasteiger partial charge is 0.488 e. The fourth-order valence-electron chi connectivity index (χ4n) is 4.46. The van der Waals surface area contributed by atoms with Gasteiger partial charge in [-0.15, -0.1) is 0 Å². The van der Waals surface area contributed by atoms with E-state index < -0.39 is 10.0 Å². The van der Waals surface area contributed by atoms with Gasteiger partial charge in [-0.1, -0.05) is 60.7 Å². The number of hydrogen-bond acceptors (Lipinski definition) is 5. The second kappa shape index (κ2) is 9.60. The topological polar surface area (TPSA) is 70.4 Å². The fourth-order valence-corrected chi connectivity index (χ4v) is 5.95. The van der Waals surface area contributed by atoms with Crippen molar-refractivity contribution in [2.24, 2.45) is 0 Å². The first kappa shape index (κ1) is 23.8. The molecule has 0 bridgehead atoms. The van der Waals surface area contributed by atoms with Crippen LogP contribution in [0.4, 0.5) is 0 Å². The molecular weight excluding hydrogens is 472 g/mol. The Hall–Kier alpha value is -3.94. The average molecular weight is 499 g/mol. The highest BCUT2D eigenvalue weighted by atomic mass is 32.2. The van der Waals surface area contributed by atoms with Gasteiger partial charge in [-0.05, 0) is 42.8 Å². The summed E-state index contributed by atoms with van der Waals surface area (Å²) in [6.45, 7) is 6.40. The van der Waals surface area contributed by atoms with E-state index in [1.807, 2.05) is 43.3 Å². The number of ether oxygens (including phenoxy) is 2. The third kappa shape index (κ3) is 4.06. The molecule has 0 amide bonds. The summed E-state index contributed by atoms with van der Waals surface area (Å²) in [5.74, 6) is 0.581. The van der Waals surface area contributed by atoms with Gasteiger partial charge in [0.2, 0.25) is 0 Å². The summed E-state index contributed by atoms with van der Waals surface area (Å²) in [5.41, 5.74) is 4.34. The van der Waals surface area contributed by atoms with Crippen LogP contribution in [0.2, 0.25) is 0 Å². The molecular formula is C29H26N2O4S. The van der Waals surface area contributed by atoms with Crippen molar-refractivity contribution in [2.75, 3.05) is 7.11 Å². The van der Waals surface area contributed by atoms with Gasteiger partial charge in [0.1, 0.15) is 12.4 Å². The number of aromatic nitrogens is 2. The molecule has 2 heterocycles. The number of benzene rings is 3. The molecule has 0 fully saturated rings. The van der Waals surface area contributed by atoms with Gasteiger partial charge >= 0.3 is 0 Å². The Morgan fingerprint density at radius 3 is 2.36 bits per heavy atom. The van der Waals surface area contributed by atoms with Crippen LogP contribution < -0.4 is 4.74 Å². The second-order valence-electron chi connectivity index (χ2n) is 8.53. The summed E-state index contributed by atoms with van der Waals surface area (Å²) in [5, 5.41) is 1.41. The molecule has 0 aliphatic rings. The first-order valence-electron chi connectivity index (χ1n) is 11.5. The smallest absolute Gasteiger partial charge is 0.268 e. The number of pyridine rings is 1. The van der Waals surface area contributed by atoms with E-state index in [4.69, 9.17) is 9.47 Å². The molecule has 0 saturated heterocycles. The van der Waals surface area contributed by atoms with E-state index in [0.717, 1.165) is 22.1 Å². The summed E-state index contributed by atoms with van der Waals surface area (Å²) in [6.07, 6.45) is 3.23. The number of aryl methyl sites for hydroxylation is 1. The second-order valence-corrected chi connectivity index (χ2v) is 10.3. The van der Waals surface area contributed by atoms with Crippen LogP contribution in [-0.2, 0) is 28.0 Å². The third-order valence-electron chi connectivity index (χ3n) is 6.16. The van der Waals surface area contributed by atoms with E-state index in [0.29, 0.717) is 34.5 Å². The summed E-state index contributed by atoms with van der Waals surface area (Å²) < 4.78 is 41.1. The van der Waals surface area contributed by atoms with Crippen molar-refractivity contribution in [3.05, 3.63) is 108 Å². The molecule has 5 aromatic rings. The molecule has 6 nitrogen and oxygen atoms in total. The number of nitrogens with zero attached hydrogens (tertiary/aromatic N) is 2. The monoisotopic (exact) mass is 498 g/mol. The van der Waals surface area contributed by atoms with Gasteiger partial charge in [-0.25, -0.2) is 12.4 Å². The van der Waals surface area contributed by atoms with Crippen LogP contribution in [0.5, 0.6) is 5.75 Å². The van der Waals surface area contributed by atoms with E-state index in [1.54, 1.807) is 55.8 Å². The van der Waals surface area contributed by atoms with Crippen LogP contribution in [0, 0.1) is 6.92 Å². The maximum absolute atomic E-state index is 14.0. The molecule has 0 atom stereocenters. The van der Waals surface area contributed by atoms with Gasteiger partial charge in [0.15, 0.2) is 0 Å². The van der Waals surface area contributed by atoms with Gasteiger partial charge < -0.3 is 9.47 Å². The van der Waals surface area contributed by atoms with Gasteiger partial charge in [-0.2, -0.15) is 0 Å². The SMILES string of the molecule is C=Cc1ncc2c(c1COC)c1c(OCc3ccccc3)cccc1n2S(=O)(=O)c1ccc(C)cc1. The van der Waals surface area contributed by atoms with Crippen molar-refractivity contribution in [3.63, 3.8) is 0 Å². The highest BCUT2D eigenvalue weighted by molar-refractivity contribution is 7.90. The molecule has 7 heteroatoms.